The molecule has 9 atom stereocenters. The Balaban J connectivity index is 2.43. The first-order chi connectivity index (χ1) is 15.4. The lowest BCUT2D eigenvalue weighted by atomic mass is 9.97. The Morgan fingerprint density at radius 3 is 1.88 bits per heavy atom. The van der Waals surface area contributed by atoms with E-state index in [-0.39, 0.29) is 0 Å². The highest BCUT2D eigenvalue weighted by Gasteiger charge is 2.54. The standard InChI is InChI=1S/C19H28O14/c1-7(20)27-6-12-15(29-8(2)21)16(30-9(3)22)17(31-10(4)23)19(32-12)33-14-11(24)5-28-18(26)13(14)25/h11-19,24-26H,5-6H2,1-4H3/t11-,12+,13+,14-,15+,16-,17+,18+,19-/m0/s1. The predicted molar refractivity (Wildman–Crippen MR) is 101 cm³/mol. The molecule has 2 aliphatic rings. The minimum Gasteiger partial charge on any atom is -0.463 e. The van der Waals surface area contributed by atoms with Crippen molar-refractivity contribution in [1.29, 1.82) is 0 Å². The van der Waals surface area contributed by atoms with Crippen LogP contribution in [0.4, 0.5) is 0 Å². The summed E-state index contributed by atoms with van der Waals surface area (Å²) >= 11 is 0. The predicted octanol–water partition coefficient (Wildman–Crippen LogP) is -2.47. The molecule has 188 valence electrons. The Morgan fingerprint density at radius 2 is 1.33 bits per heavy atom. The third-order valence-corrected chi connectivity index (χ3v) is 4.69. The first kappa shape index (κ1) is 26.9. The van der Waals surface area contributed by atoms with Gasteiger partial charge in [-0.15, -0.1) is 0 Å². The molecule has 0 bridgehead atoms. The van der Waals surface area contributed by atoms with Crippen molar-refractivity contribution >= 4 is 23.9 Å². The van der Waals surface area contributed by atoms with Gasteiger partial charge in [-0.25, -0.2) is 0 Å². The maximum absolute atomic E-state index is 11.8. The number of aliphatic hydroxyl groups is 3. The van der Waals surface area contributed by atoms with Crippen molar-refractivity contribution in [2.75, 3.05) is 13.2 Å². The van der Waals surface area contributed by atoms with Crippen molar-refractivity contribution in [3.63, 3.8) is 0 Å². The Bertz CT molecular complexity index is 725. The van der Waals surface area contributed by atoms with Crippen LogP contribution in [-0.2, 0) is 52.3 Å². The SMILES string of the molecule is CC(=O)OC[C@H]1O[C@@H](O[C@@H]2[C@@H](O)[C@H](O)OC[C@@H]2O)[C@H](OC(C)=O)[C@@H](OC(C)=O)[C@@H]1OC(C)=O. The van der Waals surface area contributed by atoms with E-state index >= 15 is 0 Å². The molecule has 14 nitrogen and oxygen atoms in total. The second-order valence-corrected chi connectivity index (χ2v) is 7.45. The molecule has 0 radical (unpaired) electrons. The summed E-state index contributed by atoms with van der Waals surface area (Å²) in [5.74, 6) is -3.17. The van der Waals surface area contributed by atoms with Crippen LogP contribution in [0.2, 0.25) is 0 Å². The monoisotopic (exact) mass is 480 g/mol. The van der Waals surface area contributed by atoms with Gasteiger partial charge in [-0.3, -0.25) is 19.2 Å². The number of carbonyl (C=O) groups excluding carboxylic acids is 4. The number of esters is 4. The van der Waals surface area contributed by atoms with E-state index in [2.05, 4.69) is 0 Å². The van der Waals surface area contributed by atoms with Crippen molar-refractivity contribution < 1.29 is 67.7 Å². The Labute approximate surface area is 188 Å². The van der Waals surface area contributed by atoms with Gasteiger partial charge in [0.1, 0.15) is 31.0 Å². The van der Waals surface area contributed by atoms with Crippen molar-refractivity contribution in [3.05, 3.63) is 0 Å². The van der Waals surface area contributed by atoms with Crippen LogP contribution in [0, 0.1) is 0 Å². The summed E-state index contributed by atoms with van der Waals surface area (Å²) < 4.78 is 36.8. The molecule has 2 saturated heterocycles. The first-order valence-corrected chi connectivity index (χ1v) is 10.0. The van der Waals surface area contributed by atoms with Crippen LogP contribution in [-0.4, -0.2) is 108 Å². The summed E-state index contributed by atoms with van der Waals surface area (Å²) in [6.07, 6.45) is -13.6. The number of rotatable bonds is 7. The molecule has 0 aliphatic carbocycles. The zero-order valence-electron chi connectivity index (χ0n) is 18.4. The van der Waals surface area contributed by atoms with E-state index in [0.717, 1.165) is 27.7 Å². The Morgan fingerprint density at radius 1 is 0.788 bits per heavy atom. The Hall–Kier alpha value is -2.36. The van der Waals surface area contributed by atoms with Crippen LogP contribution in [0.3, 0.4) is 0 Å². The fraction of sp³-hybridized carbons (Fsp3) is 0.789. The van der Waals surface area contributed by atoms with Gasteiger partial charge in [-0.2, -0.15) is 0 Å². The van der Waals surface area contributed by atoms with Crippen LogP contribution >= 0.6 is 0 Å². The molecule has 3 N–H and O–H groups in total. The topological polar surface area (TPSA) is 194 Å². The van der Waals surface area contributed by atoms with Crippen molar-refractivity contribution in [2.45, 2.75) is 83.0 Å². The van der Waals surface area contributed by atoms with E-state index in [1.165, 1.54) is 0 Å². The molecule has 14 heteroatoms. The summed E-state index contributed by atoms with van der Waals surface area (Å²) in [6, 6.07) is 0. The third kappa shape index (κ3) is 7.31. The molecule has 0 amide bonds. The first-order valence-electron chi connectivity index (χ1n) is 10.0. The van der Waals surface area contributed by atoms with Gasteiger partial charge in [0.25, 0.3) is 0 Å². The zero-order valence-corrected chi connectivity index (χ0v) is 18.4. The molecule has 2 heterocycles. The summed E-state index contributed by atoms with van der Waals surface area (Å²) in [5.41, 5.74) is 0. The summed E-state index contributed by atoms with van der Waals surface area (Å²) in [5, 5.41) is 30.1. The van der Waals surface area contributed by atoms with E-state index in [1.54, 1.807) is 0 Å². The molecule has 0 aromatic carbocycles. The lowest BCUT2D eigenvalue weighted by Crippen LogP contribution is -2.65. The van der Waals surface area contributed by atoms with Crippen molar-refractivity contribution in [2.24, 2.45) is 0 Å². The molecule has 33 heavy (non-hydrogen) atoms. The van der Waals surface area contributed by atoms with E-state index < -0.39 is 92.4 Å². The molecular weight excluding hydrogens is 452 g/mol. The Kier molecular flexibility index (Phi) is 9.51. The van der Waals surface area contributed by atoms with Crippen LogP contribution < -0.4 is 0 Å². The minimum atomic E-state index is -1.72. The molecule has 0 unspecified atom stereocenters. The number of hydrogen-bond acceptors (Lipinski definition) is 14. The van der Waals surface area contributed by atoms with Gasteiger partial charge < -0.3 is 48.5 Å². The second kappa shape index (κ2) is 11.7. The highest BCUT2D eigenvalue weighted by molar-refractivity contribution is 5.68. The largest absolute Gasteiger partial charge is 0.463 e. The molecule has 2 fully saturated rings. The fourth-order valence-corrected chi connectivity index (χ4v) is 3.40. The molecular formula is C19H28O14. The lowest BCUT2D eigenvalue weighted by Gasteiger charge is -2.46. The van der Waals surface area contributed by atoms with E-state index in [9.17, 15) is 34.5 Å². The number of ether oxygens (including phenoxy) is 7. The van der Waals surface area contributed by atoms with Crippen LogP contribution in [0.25, 0.3) is 0 Å². The number of carbonyl (C=O) groups is 4. The third-order valence-electron chi connectivity index (χ3n) is 4.69. The molecule has 2 aliphatic heterocycles. The van der Waals surface area contributed by atoms with Crippen molar-refractivity contribution in [1.82, 2.24) is 0 Å². The summed E-state index contributed by atoms with van der Waals surface area (Å²) in [7, 11) is 0. The molecule has 0 spiro atoms. The van der Waals surface area contributed by atoms with Gasteiger partial charge in [0.2, 0.25) is 0 Å². The second-order valence-electron chi connectivity index (χ2n) is 7.45. The van der Waals surface area contributed by atoms with Gasteiger partial charge >= 0.3 is 23.9 Å². The molecule has 2 rings (SSSR count). The van der Waals surface area contributed by atoms with Gasteiger partial charge in [-0.05, 0) is 0 Å². The van der Waals surface area contributed by atoms with E-state index in [1.807, 2.05) is 0 Å². The average molecular weight is 480 g/mol. The van der Waals surface area contributed by atoms with Gasteiger partial charge in [0.15, 0.2) is 30.9 Å². The van der Waals surface area contributed by atoms with Gasteiger partial charge in [0, 0.05) is 27.7 Å². The van der Waals surface area contributed by atoms with Crippen molar-refractivity contribution in [3.8, 4) is 0 Å². The highest BCUT2D eigenvalue weighted by atomic mass is 16.7. The number of aliphatic hydroxyl groups excluding tert-OH is 3. The lowest BCUT2D eigenvalue weighted by molar-refractivity contribution is -0.347. The van der Waals surface area contributed by atoms with Crippen LogP contribution in [0.5, 0.6) is 0 Å². The quantitative estimate of drug-likeness (QED) is 0.256. The fourth-order valence-electron chi connectivity index (χ4n) is 3.40. The van der Waals surface area contributed by atoms with E-state index in [4.69, 9.17) is 33.2 Å². The summed E-state index contributed by atoms with van der Waals surface area (Å²) in [6.45, 7) is 3.44. The molecule has 0 aromatic rings. The minimum absolute atomic E-state index is 0.395. The van der Waals surface area contributed by atoms with Crippen LogP contribution in [0.15, 0.2) is 0 Å². The molecule has 0 aromatic heterocycles. The van der Waals surface area contributed by atoms with Gasteiger partial charge in [-0.1, -0.05) is 0 Å². The maximum Gasteiger partial charge on any atom is 0.303 e. The zero-order chi connectivity index (χ0) is 24.9. The average Bonchev–Trinajstić information content (AvgIpc) is 2.69. The smallest absolute Gasteiger partial charge is 0.303 e. The van der Waals surface area contributed by atoms with Crippen LogP contribution in [0.1, 0.15) is 27.7 Å². The number of hydrogen-bond donors (Lipinski definition) is 3. The van der Waals surface area contributed by atoms with Gasteiger partial charge in [0.05, 0.1) is 6.61 Å². The highest BCUT2D eigenvalue weighted by Crippen LogP contribution is 2.32. The van der Waals surface area contributed by atoms with E-state index in [0.29, 0.717) is 0 Å². The normalized spacial score (nSPS) is 36.4. The molecule has 0 saturated carbocycles. The summed E-state index contributed by atoms with van der Waals surface area (Å²) in [4.78, 5) is 46.6. The maximum atomic E-state index is 11.8.